The standard InChI is InChI=1S/C52H31Cl6F3N4O9/c1-19-37(40-31(10-13-34(66)44(40)59)63(19)49(70)22-4-7-25(53)28(56)16-22)43(52(73)74)39-21(3)65(33-12-15-36(68)46(61)42(33)39,51(72)24-6-9-27(55)30(58)18-24)47(48(62)69)38-20(2)64(32-11-14-35(67)45(60)41(32)38)50(71)23-5-8-26(54)29(57)17-23/h4-18,43,47H,1-3H3,(H5-,62,66,67,68,69,73,74). The molecule has 22 heteroatoms. The zero-order chi connectivity index (χ0) is 53.9. The first-order chi connectivity index (χ1) is 34.9. The molecule has 2 aromatic heterocycles. The first-order valence-corrected chi connectivity index (χ1v) is 23.8. The Balaban J connectivity index is 1.46. The van der Waals surface area contributed by atoms with Gasteiger partial charge >= 0.3 is 5.91 Å². The summed E-state index contributed by atoms with van der Waals surface area (Å²) in [6.45, 7) is 3.53. The Morgan fingerprint density at radius 3 is 1.42 bits per heavy atom. The minimum absolute atomic E-state index is 0.0576. The zero-order valence-electron chi connectivity index (χ0n) is 37.9. The molecule has 0 radical (unpaired) electrons. The number of quaternary nitrogens is 1. The molecule has 1 aliphatic rings. The molecule has 0 spiro atoms. The van der Waals surface area contributed by atoms with Crippen LogP contribution in [-0.4, -0.2) is 54.1 Å². The zero-order valence-corrected chi connectivity index (χ0v) is 42.5. The van der Waals surface area contributed by atoms with Crippen LogP contribution in [0.1, 0.15) is 78.0 Å². The summed E-state index contributed by atoms with van der Waals surface area (Å²) in [5.41, 5.74) is 0.239. The third kappa shape index (κ3) is 7.61. The lowest BCUT2D eigenvalue weighted by molar-refractivity contribution is -0.306. The molecular formula is C52H31Cl6F3N4O9. The number of aromatic hydroxyl groups is 3. The second kappa shape index (κ2) is 18.7. The van der Waals surface area contributed by atoms with E-state index in [0.717, 1.165) is 64.6 Å². The Bertz CT molecular complexity index is 3930. The van der Waals surface area contributed by atoms with Crippen LogP contribution in [0.3, 0.4) is 0 Å². The Morgan fingerprint density at radius 2 is 0.973 bits per heavy atom. The number of aromatic nitrogens is 2. The molecule has 3 atom stereocenters. The summed E-state index contributed by atoms with van der Waals surface area (Å²) in [7, 11) is 0. The highest BCUT2D eigenvalue weighted by Gasteiger charge is 2.61. The first kappa shape index (κ1) is 51.9. The first-order valence-electron chi connectivity index (χ1n) is 21.5. The van der Waals surface area contributed by atoms with Crippen molar-refractivity contribution in [2.75, 3.05) is 0 Å². The molecule has 0 aliphatic carbocycles. The van der Waals surface area contributed by atoms with Crippen LogP contribution in [0, 0.1) is 31.3 Å². The number of fused-ring (bicyclic) bond motifs is 3. The van der Waals surface area contributed by atoms with E-state index < -0.39 is 131 Å². The largest absolute Gasteiger partial charge is 0.549 e. The Kier molecular flexibility index (Phi) is 13.1. The predicted molar refractivity (Wildman–Crippen MR) is 272 cm³/mol. The number of carboxylic acids is 1. The maximum atomic E-state index is 17.5. The fourth-order valence-electron chi connectivity index (χ4n) is 10.1. The normalized spacial score (nSPS) is 15.2. The van der Waals surface area contributed by atoms with Crippen molar-refractivity contribution < 1.29 is 57.6 Å². The molecule has 2 amide bonds. The number of aliphatic carboxylic acids is 1. The maximum absolute atomic E-state index is 17.5. The number of hydrogen-bond acceptors (Lipinski definition) is 9. The summed E-state index contributed by atoms with van der Waals surface area (Å²) in [6.07, 6.45) is 0. The number of hydrogen-bond donors (Lipinski definition) is 4. The highest BCUT2D eigenvalue weighted by Crippen LogP contribution is 2.59. The molecule has 376 valence electrons. The van der Waals surface area contributed by atoms with Crippen molar-refractivity contribution in [1.29, 1.82) is 0 Å². The molecule has 3 heterocycles. The van der Waals surface area contributed by atoms with Gasteiger partial charge in [-0.05, 0) is 104 Å². The van der Waals surface area contributed by atoms with Crippen LogP contribution in [0.4, 0.5) is 18.9 Å². The summed E-state index contributed by atoms with van der Waals surface area (Å²) in [4.78, 5) is 74.5. The molecule has 8 aromatic rings. The number of nitrogens with zero attached hydrogens (tertiary/aromatic N) is 3. The van der Waals surface area contributed by atoms with Crippen LogP contribution in [0.25, 0.3) is 27.4 Å². The van der Waals surface area contributed by atoms with Gasteiger partial charge in [0.2, 0.25) is 6.04 Å². The molecule has 9 rings (SSSR count). The van der Waals surface area contributed by atoms with Crippen LogP contribution >= 0.6 is 69.6 Å². The van der Waals surface area contributed by atoms with Gasteiger partial charge in [-0.2, -0.15) is 4.48 Å². The highest BCUT2D eigenvalue weighted by atomic mass is 35.5. The van der Waals surface area contributed by atoms with Crippen LogP contribution < -0.4 is 15.3 Å². The van der Waals surface area contributed by atoms with E-state index in [1.54, 1.807) is 0 Å². The van der Waals surface area contributed by atoms with Crippen LogP contribution in [-0.2, 0) is 9.59 Å². The van der Waals surface area contributed by atoms with Crippen molar-refractivity contribution >= 4 is 132 Å². The SMILES string of the molecule is CC1=C(C(C(=O)[O-])c2c(C)n(C(=O)c3ccc(Cl)c(Cl)c3)c3ccc(O)c(F)c23)c2c(ccc(O)c2F)[N+]1(C(=O)c1ccc(Cl)c(Cl)c1)C(C(N)=O)c1c(C)n(C(=O)c2ccc(Cl)c(Cl)c2)c2ccc(O)c(F)c12. The van der Waals surface area contributed by atoms with Crippen molar-refractivity contribution in [3.05, 3.63) is 189 Å². The van der Waals surface area contributed by atoms with E-state index in [1.165, 1.54) is 56.3 Å². The number of phenols is 3. The molecule has 3 unspecified atom stereocenters. The number of allylic oxidation sites excluding steroid dienone is 1. The molecule has 0 fully saturated rings. The third-order valence-corrected chi connectivity index (χ3v) is 15.5. The van der Waals surface area contributed by atoms with Gasteiger partial charge in [-0.3, -0.25) is 23.5 Å². The Labute approximate surface area is 445 Å². The number of carboxylic acid groups (broad SMARTS) is 1. The van der Waals surface area contributed by atoms with E-state index in [9.17, 15) is 39.6 Å². The minimum Gasteiger partial charge on any atom is -0.549 e. The van der Waals surface area contributed by atoms with Gasteiger partial charge in [0, 0.05) is 51.9 Å². The second-order valence-corrected chi connectivity index (χ2v) is 19.6. The molecule has 74 heavy (non-hydrogen) atoms. The molecule has 6 aromatic carbocycles. The summed E-state index contributed by atoms with van der Waals surface area (Å²) >= 11 is 37.7. The molecule has 0 bridgehead atoms. The van der Waals surface area contributed by atoms with Gasteiger partial charge in [-0.15, -0.1) is 0 Å². The van der Waals surface area contributed by atoms with E-state index in [2.05, 4.69) is 0 Å². The van der Waals surface area contributed by atoms with Gasteiger partial charge < -0.3 is 31.0 Å². The molecular weight excluding hydrogens is 1090 g/mol. The number of nitrogens with two attached hydrogens (primary N) is 1. The predicted octanol–water partition coefficient (Wildman–Crippen LogP) is 11.7. The van der Waals surface area contributed by atoms with Gasteiger partial charge in [0.05, 0.1) is 69.7 Å². The molecule has 13 nitrogen and oxygen atoms in total. The quantitative estimate of drug-likeness (QED) is 0.101. The van der Waals surface area contributed by atoms with Crippen LogP contribution in [0.15, 0.2) is 96.7 Å². The van der Waals surface area contributed by atoms with Gasteiger partial charge in [-0.25, -0.2) is 18.0 Å². The number of carbonyl (C=O) groups is 5. The summed E-state index contributed by atoms with van der Waals surface area (Å²) in [6, 6.07) is 14.3. The van der Waals surface area contributed by atoms with Crippen molar-refractivity contribution in [3.8, 4) is 17.2 Å². The number of phenolic OH excluding ortho intramolecular Hbond substituents is 3. The molecule has 0 saturated carbocycles. The smallest absolute Gasteiger partial charge is 0.356 e. The molecule has 5 N–H and O–H groups in total. The third-order valence-electron chi connectivity index (χ3n) is 13.3. The van der Waals surface area contributed by atoms with Crippen molar-refractivity contribution in [2.45, 2.75) is 32.7 Å². The Morgan fingerprint density at radius 1 is 0.568 bits per heavy atom. The van der Waals surface area contributed by atoms with Crippen molar-refractivity contribution in [1.82, 2.24) is 13.6 Å². The fourth-order valence-corrected chi connectivity index (χ4v) is 11.0. The van der Waals surface area contributed by atoms with Gasteiger partial charge in [0.25, 0.3) is 17.7 Å². The van der Waals surface area contributed by atoms with E-state index in [4.69, 9.17) is 75.3 Å². The number of carbonyl (C=O) groups excluding carboxylic acids is 5. The van der Waals surface area contributed by atoms with Crippen molar-refractivity contribution in [2.24, 2.45) is 5.73 Å². The minimum atomic E-state index is -2.53. The number of amides is 2. The second-order valence-electron chi connectivity index (χ2n) is 17.1. The van der Waals surface area contributed by atoms with Crippen LogP contribution in [0.5, 0.6) is 17.2 Å². The summed E-state index contributed by atoms with van der Waals surface area (Å²) in [5.74, 6) is -17.0. The van der Waals surface area contributed by atoms with Gasteiger partial charge in [0.15, 0.2) is 40.4 Å². The average molecular weight is 1130 g/mol. The maximum Gasteiger partial charge on any atom is 0.356 e. The van der Waals surface area contributed by atoms with Gasteiger partial charge in [-0.1, -0.05) is 69.6 Å². The number of primary amides is 1. The van der Waals surface area contributed by atoms with E-state index in [1.807, 2.05) is 0 Å². The van der Waals surface area contributed by atoms with Gasteiger partial charge in [0.1, 0.15) is 5.70 Å². The number of halogens is 9. The molecule has 0 saturated heterocycles. The lowest BCUT2D eigenvalue weighted by Crippen LogP contribution is -2.58. The summed E-state index contributed by atoms with van der Waals surface area (Å²) < 4.78 is 51.4. The lowest BCUT2D eigenvalue weighted by atomic mass is 9.84. The highest BCUT2D eigenvalue weighted by molar-refractivity contribution is 6.43. The van der Waals surface area contributed by atoms with E-state index >= 15 is 18.0 Å². The Hall–Kier alpha value is -7.02. The lowest BCUT2D eigenvalue weighted by Gasteiger charge is -2.39. The summed E-state index contributed by atoms with van der Waals surface area (Å²) in [5, 5.41) is 45.5. The molecule has 1 aliphatic heterocycles. The number of benzene rings is 6. The van der Waals surface area contributed by atoms with Crippen molar-refractivity contribution in [3.63, 3.8) is 0 Å². The fraction of sp³-hybridized carbons (Fsp3) is 0.0962. The number of rotatable bonds is 9. The topological polar surface area (TPSA) is 205 Å². The van der Waals surface area contributed by atoms with Crippen LogP contribution in [0.2, 0.25) is 30.1 Å². The van der Waals surface area contributed by atoms with E-state index in [0.29, 0.717) is 0 Å². The average Bonchev–Trinajstić information content (AvgIpc) is 3.91. The monoisotopic (exact) mass is 1120 g/mol. The van der Waals surface area contributed by atoms with E-state index in [-0.39, 0.29) is 63.7 Å².